The van der Waals surface area contributed by atoms with Crippen LogP contribution in [0.5, 0.6) is 0 Å². The molecule has 1 rings (SSSR count). The number of halogens is 2. The molecule has 0 aliphatic carbocycles. The van der Waals surface area contributed by atoms with Crippen LogP contribution in [0.3, 0.4) is 0 Å². The average molecular weight is 260 g/mol. The predicted molar refractivity (Wildman–Crippen MR) is 62.4 cm³/mol. The number of nitrogens with one attached hydrogen (secondary N) is 2. The third-order valence-corrected chi connectivity index (χ3v) is 2.06. The van der Waals surface area contributed by atoms with Gasteiger partial charge < -0.3 is 10.6 Å². The molecule has 0 unspecified atom stereocenters. The van der Waals surface area contributed by atoms with E-state index in [1.54, 1.807) is 24.3 Å². The number of rotatable bonds is 3. The van der Waals surface area contributed by atoms with E-state index in [9.17, 15) is 14.1 Å². The Bertz CT molecular complexity index is 426. The fourth-order valence-corrected chi connectivity index (χ4v) is 1.20. The van der Waals surface area contributed by atoms with Crippen LogP contribution in [0.4, 0.5) is 15.0 Å². The van der Waals surface area contributed by atoms with Crippen molar-refractivity contribution in [3.8, 4) is 0 Å². The Balaban J connectivity index is 2.43. The van der Waals surface area contributed by atoms with Gasteiger partial charge in [0.05, 0.1) is 0 Å². The first-order valence-electron chi connectivity index (χ1n) is 4.72. The summed E-state index contributed by atoms with van der Waals surface area (Å²) in [4.78, 5) is 22.1. The third-order valence-electron chi connectivity index (χ3n) is 1.83. The molecule has 5 nitrogen and oxygen atoms in total. The van der Waals surface area contributed by atoms with Crippen LogP contribution in [0, 0.1) is 0 Å². The maximum atomic E-state index is 12.3. The highest BCUT2D eigenvalue weighted by molar-refractivity contribution is 6.30. The summed E-state index contributed by atoms with van der Waals surface area (Å²) in [6.07, 6.45) is 0. The monoisotopic (exact) mass is 259 g/mol. The van der Waals surface area contributed by atoms with Crippen molar-refractivity contribution in [3.63, 3.8) is 0 Å². The molecule has 0 aliphatic heterocycles. The molecule has 0 saturated carbocycles. The number of carbonyl (C=O) groups excluding carboxylic acids is 2. The smallest absolute Gasteiger partial charge is 0.319 e. The largest absolute Gasteiger partial charge is 0.329 e. The molecule has 0 atom stereocenters. The summed E-state index contributed by atoms with van der Waals surface area (Å²) in [6, 6.07) is 5.89. The molecule has 0 saturated heterocycles. The van der Waals surface area contributed by atoms with Crippen LogP contribution in [0.2, 0.25) is 5.02 Å². The van der Waals surface area contributed by atoms with Crippen molar-refractivity contribution in [1.29, 1.82) is 0 Å². The van der Waals surface area contributed by atoms with E-state index in [-0.39, 0.29) is 5.12 Å². The first-order valence-corrected chi connectivity index (χ1v) is 5.09. The Morgan fingerprint density at radius 1 is 1.47 bits per heavy atom. The molecule has 0 spiro atoms. The van der Waals surface area contributed by atoms with E-state index in [1.807, 2.05) is 0 Å². The van der Waals surface area contributed by atoms with E-state index < -0.39 is 18.5 Å². The fourth-order valence-electron chi connectivity index (χ4n) is 1.01. The Kier molecular flexibility index (Phi) is 4.71. The molecule has 3 amide bonds. The standard InChI is InChI=1S/C10H11ClFN3O2/c1-15(12)9(16)6-13-10(17)14-8-4-2-3-7(11)5-8/h2-5H,6H2,1H3,(H2,13,14,17). The minimum atomic E-state index is -0.841. The number of benzene rings is 1. The van der Waals surface area contributed by atoms with Gasteiger partial charge >= 0.3 is 6.03 Å². The van der Waals surface area contributed by atoms with Crippen molar-refractivity contribution < 1.29 is 14.1 Å². The number of amides is 3. The second kappa shape index (κ2) is 6.05. The van der Waals surface area contributed by atoms with Gasteiger partial charge in [0.25, 0.3) is 5.91 Å². The SMILES string of the molecule is CN(F)C(=O)CNC(=O)Nc1cccc(Cl)c1. The van der Waals surface area contributed by atoms with Crippen molar-refractivity contribution in [3.05, 3.63) is 29.3 Å². The number of urea groups is 1. The molecule has 1 aromatic carbocycles. The fraction of sp³-hybridized carbons (Fsp3) is 0.200. The van der Waals surface area contributed by atoms with E-state index in [1.165, 1.54) is 0 Å². The van der Waals surface area contributed by atoms with Gasteiger partial charge in [0.15, 0.2) is 0 Å². The summed E-state index contributed by atoms with van der Waals surface area (Å²) >= 11 is 5.72. The number of hydrogen-bond donors (Lipinski definition) is 2. The Labute approximate surface area is 102 Å². The van der Waals surface area contributed by atoms with Crippen LogP contribution in [0.15, 0.2) is 24.3 Å². The van der Waals surface area contributed by atoms with E-state index >= 15 is 0 Å². The van der Waals surface area contributed by atoms with Crippen LogP contribution >= 0.6 is 11.6 Å². The molecule has 0 heterocycles. The molecule has 2 N–H and O–H groups in total. The van der Waals surface area contributed by atoms with Crippen LogP contribution < -0.4 is 10.6 Å². The lowest BCUT2D eigenvalue weighted by Crippen LogP contribution is -2.37. The Morgan fingerprint density at radius 3 is 2.76 bits per heavy atom. The third kappa shape index (κ3) is 4.69. The maximum Gasteiger partial charge on any atom is 0.319 e. The summed E-state index contributed by atoms with van der Waals surface area (Å²) in [6.45, 7) is -0.417. The highest BCUT2D eigenvalue weighted by Crippen LogP contribution is 2.14. The van der Waals surface area contributed by atoms with Gasteiger partial charge in [-0.15, -0.1) is 0 Å². The van der Waals surface area contributed by atoms with Crippen molar-refractivity contribution >= 4 is 29.2 Å². The lowest BCUT2D eigenvalue weighted by Gasteiger charge is -2.08. The summed E-state index contributed by atoms with van der Waals surface area (Å²) in [5, 5.41) is 5.03. The summed E-state index contributed by atoms with van der Waals surface area (Å²) in [5.41, 5.74) is 0.482. The lowest BCUT2D eigenvalue weighted by molar-refractivity contribution is -0.141. The number of nitrogens with zero attached hydrogens (tertiary/aromatic N) is 1. The van der Waals surface area contributed by atoms with Gasteiger partial charge in [-0.1, -0.05) is 22.1 Å². The molecule has 0 radical (unpaired) electrons. The molecule has 1 aromatic rings. The quantitative estimate of drug-likeness (QED) is 0.813. The second-order valence-electron chi connectivity index (χ2n) is 3.19. The van der Waals surface area contributed by atoms with Crippen molar-refractivity contribution in [2.24, 2.45) is 0 Å². The zero-order chi connectivity index (χ0) is 12.8. The highest BCUT2D eigenvalue weighted by atomic mass is 35.5. The minimum Gasteiger partial charge on any atom is -0.329 e. The Morgan fingerprint density at radius 2 is 2.18 bits per heavy atom. The molecule has 17 heavy (non-hydrogen) atoms. The first-order chi connectivity index (χ1) is 7.99. The van der Waals surface area contributed by atoms with Crippen LogP contribution in [-0.2, 0) is 4.79 Å². The minimum absolute atomic E-state index is 0.0976. The number of carbonyl (C=O) groups is 2. The van der Waals surface area contributed by atoms with Crippen LogP contribution in [0.1, 0.15) is 0 Å². The molecular weight excluding hydrogens is 249 g/mol. The zero-order valence-corrected chi connectivity index (χ0v) is 9.79. The Hall–Kier alpha value is -1.82. The van der Waals surface area contributed by atoms with Gasteiger partial charge in [0.1, 0.15) is 6.54 Å². The molecular formula is C10H11ClFN3O2. The summed E-state index contributed by atoms with van der Waals surface area (Å²) in [5.74, 6) is -0.841. The normalized spacial score (nSPS) is 9.59. The lowest BCUT2D eigenvalue weighted by atomic mass is 10.3. The van der Waals surface area contributed by atoms with E-state index in [0.29, 0.717) is 10.7 Å². The van der Waals surface area contributed by atoms with Gasteiger partial charge in [-0.25, -0.2) is 4.79 Å². The molecule has 92 valence electrons. The topological polar surface area (TPSA) is 61.4 Å². The zero-order valence-electron chi connectivity index (χ0n) is 9.04. The molecule has 0 fully saturated rings. The summed E-state index contributed by atoms with van der Waals surface area (Å²) < 4.78 is 12.3. The molecule has 0 aromatic heterocycles. The van der Waals surface area contributed by atoms with Crippen molar-refractivity contribution in [2.45, 2.75) is 0 Å². The van der Waals surface area contributed by atoms with Gasteiger partial charge in [-0.05, 0) is 18.2 Å². The molecule has 0 bridgehead atoms. The predicted octanol–water partition coefficient (Wildman–Crippen LogP) is 1.80. The van der Waals surface area contributed by atoms with Crippen molar-refractivity contribution in [2.75, 3.05) is 18.9 Å². The van der Waals surface area contributed by atoms with Crippen molar-refractivity contribution in [1.82, 2.24) is 10.4 Å². The van der Waals surface area contributed by atoms with Gasteiger partial charge in [-0.3, -0.25) is 4.79 Å². The maximum absolute atomic E-state index is 12.3. The van der Waals surface area contributed by atoms with Crippen LogP contribution in [-0.4, -0.2) is 30.7 Å². The highest BCUT2D eigenvalue weighted by Gasteiger charge is 2.09. The average Bonchev–Trinajstić information content (AvgIpc) is 2.25. The van der Waals surface area contributed by atoms with E-state index in [2.05, 4.69) is 10.6 Å². The van der Waals surface area contributed by atoms with Gasteiger partial charge in [0.2, 0.25) is 0 Å². The van der Waals surface area contributed by atoms with Gasteiger partial charge in [0, 0.05) is 17.8 Å². The van der Waals surface area contributed by atoms with Crippen LogP contribution in [0.25, 0.3) is 0 Å². The molecule has 0 aliphatic rings. The number of hydrogen-bond acceptors (Lipinski definition) is 2. The summed E-state index contributed by atoms with van der Waals surface area (Å²) in [7, 11) is 0.957. The first kappa shape index (κ1) is 13.2. The van der Waals surface area contributed by atoms with E-state index in [4.69, 9.17) is 11.6 Å². The molecule has 7 heteroatoms. The number of anilines is 1. The van der Waals surface area contributed by atoms with Gasteiger partial charge in [-0.2, -0.15) is 5.12 Å². The second-order valence-corrected chi connectivity index (χ2v) is 3.63. The van der Waals surface area contributed by atoms with E-state index in [0.717, 1.165) is 7.05 Å². The number of likely N-dealkylation sites (N-methyl/N-ethyl adjacent to an activating group) is 1.